The lowest BCUT2D eigenvalue weighted by atomic mass is 9.91. The molecule has 1 atom stereocenters. The normalized spacial score (nSPS) is 13.5. The van der Waals surface area contributed by atoms with E-state index >= 15 is 0 Å². The van der Waals surface area contributed by atoms with Crippen LogP contribution in [0.1, 0.15) is 35.9 Å². The number of halogens is 2. The number of nitrogens with zero attached hydrogens (tertiary/aromatic N) is 2. The number of aliphatic hydroxyl groups excluding tert-OH is 1. The quantitative estimate of drug-likeness (QED) is 0.371. The number of aliphatic hydroxyl groups is 1. The van der Waals surface area contributed by atoms with Crippen LogP contribution in [0.25, 0.3) is 11.3 Å². The molecule has 0 aliphatic heterocycles. The molecule has 0 saturated heterocycles. The number of hydrogen-bond acceptors (Lipinski definition) is 4. The number of hydrogen-bond donors (Lipinski definition) is 2. The minimum Gasteiger partial charge on any atom is -0.373 e. The summed E-state index contributed by atoms with van der Waals surface area (Å²) in [5, 5.41) is 13.7. The van der Waals surface area contributed by atoms with E-state index in [4.69, 9.17) is 9.97 Å². The first kappa shape index (κ1) is 20.2. The molecule has 3 aromatic rings. The van der Waals surface area contributed by atoms with Gasteiger partial charge in [-0.05, 0) is 83.3 Å². The first-order valence-corrected chi connectivity index (χ1v) is 11.0. The maximum atomic E-state index is 13.6. The maximum absolute atomic E-state index is 13.6. The molecular formula is C23H23FIN3O. The number of aryl methyl sites for hydroxylation is 3. The third kappa shape index (κ3) is 4.59. The van der Waals surface area contributed by atoms with Crippen molar-refractivity contribution in [1.82, 2.24) is 9.97 Å². The first-order chi connectivity index (χ1) is 14.0. The molecule has 150 valence electrons. The fourth-order valence-corrected chi connectivity index (χ4v) is 4.09. The smallest absolute Gasteiger partial charge is 0.150 e. The second-order valence-corrected chi connectivity index (χ2v) is 8.60. The van der Waals surface area contributed by atoms with Gasteiger partial charge in [0.05, 0.1) is 17.1 Å². The van der Waals surface area contributed by atoms with Crippen LogP contribution in [-0.2, 0) is 25.7 Å². The Morgan fingerprint density at radius 2 is 1.93 bits per heavy atom. The number of fused-ring (bicyclic) bond motifs is 3. The molecule has 1 aliphatic carbocycles. The molecule has 2 aromatic carbocycles. The van der Waals surface area contributed by atoms with Gasteiger partial charge in [0.15, 0.2) is 0 Å². The lowest BCUT2D eigenvalue weighted by molar-refractivity contribution is 0.203. The molecule has 1 aliphatic rings. The minimum absolute atomic E-state index is 0.217. The number of anilines is 1. The maximum Gasteiger partial charge on any atom is 0.150 e. The van der Waals surface area contributed by atoms with Crippen molar-refractivity contribution in [2.24, 2.45) is 0 Å². The van der Waals surface area contributed by atoms with Gasteiger partial charge in [0.2, 0.25) is 0 Å². The summed E-state index contributed by atoms with van der Waals surface area (Å²) in [4.78, 5) is 9.71. The third-order valence-corrected chi connectivity index (χ3v) is 5.85. The molecule has 6 heteroatoms. The van der Waals surface area contributed by atoms with E-state index in [9.17, 15) is 9.50 Å². The van der Waals surface area contributed by atoms with Crippen LogP contribution < -0.4 is 5.32 Å². The zero-order valence-electron chi connectivity index (χ0n) is 16.3. The van der Waals surface area contributed by atoms with E-state index in [0.717, 1.165) is 53.0 Å². The average Bonchev–Trinajstić information content (AvgIpc) is 2.70. The van der Waals surface area contributed by atoms with E-state index in [1.54, 1.807) is 12.1 Å². The van der Waals surface area contributed by atoms with E-state index in [2.05, 4.69) is 34.8 Å². The van der Waals surface area contributed by atoms with Crippen molar-refractivity contribution >= 4 is 28.4 Å². The number of aromatic nitrogens is 2. The van der Waals surface area contributed by atoms with Crippen LogP contribution in [0, 0.1) is 9.39 Å². The van der Waals surface area contributed by atoms with Gasteiger partial charge in [-0.15, -0.1) is 0 Å². The van der Waals surface area contributed by atoms with Crippen molar-refractivity contribution < 1.29 is 9.50 Å². The molecule has 0 saturated carbocycles. The van der Waals surface area contributed by atoms with Crippen molar-refractivity contribution in [1.29, 1.82) is 0 Å². The van der Waals surface area contributed by atoms with Gasteiger partial charge in [0, 0.05) is 15.6 Å². The van der Waals surface area contributed by atoms with Gasteiger partial charge >= 0.3 is 0 Å². The summed E-state index contributed by atoms with van der Waals surface area (Å²) < 4.78 is 14.8. The standard InChI is InChI=1S/C23H23FIN3O/c1-2-3-20-23(28-21(29)12-14-4-8-17(25)9-5-14)27-19-11-6-15-13-16(24)7-10-18(15)22(19)26-20/h4-5,7-10,13,21,29H,2-3,6,11-12H2,1H3,(H,27,28). The third-order valence-electron chi connectivity index (χ3n) is 5.13. The van der Waals surface area contributed by atoms with E-state index in [0.29, 0.717) is 18.7 Å². The molecule has 0 spiro atoms. The molecule has 0 fully saturated rings. The molecule has 4 rings (SSSR count). The fourth-order valence-electron chi connectivity index (χ4n) is 3.73. The monoisotopic (exact) mass is 503 g/mol. The first-order valence-electron chi connectivity index (χ1n) is 9.91. The van der Waals surface area contributed by atoms with Crippen molar-refractivity contribution in [3.05, 3.63) is 74.4 Å². The Balaban J connectivity index is 1.62. The Kier molecular flexibility index (Phi) is 6.10. The SMILES string of the molecule is CCCc1nc2c(nc1NC(O)Cc1ccc(I)cc1)CCc1cc(F)ccc1-2. The highest BCUT2D eigenvalue weighted by atomic mass is 127. The van der Waals surface area contributed by atoms with Gasteiger partial charge in [-0.2, -0.15) is 0 Å². The van der Waals surface area contributed by atoms with Crippen molar-refractivity contribution in [2.45, 2.75) is 45.3 Å². The summed E-state index contributed by atoms with van der Waals surface area (Å²) in [5.74, 6) is 0.431. The van der Waals surface area contributed by atoms with Crippen molar-refractivity contribution in [3.63, 3.8) is 0 Å². The summed E-state index contributed by atoms with van der Waals surface area (Å²) in [6.45, 7) is 2.09. The highest BCUT2D eigenvalue weighted by Crippen LogP contribution is 2.33. The second kappa shape index (κ2) is 8.75. The highest BCUT2D eigenvalue weighted by molar-refractivity contribution is 14.1. The van der Waals surface area contributed by atoms with Gasteiger partial charge < -0.3 is 10.4 Å². The molecule has 0 radical (unpaired) electrons. The highest BCUT2D eigenvalue weighted by Gasteiger charge is 2.22. The van der Waals surface area contributed by atoms with E-state index in [-0.39, 0.29) is 5.82 Å². The second-order valence-electron chi connectivity index (χ2n) is 7.36. The molecular weight excluding hydrogens is 480 g/mol. The lowest BCUT2D eigenvalue weighted by Gasteiger charge is -2.22. The molecule has 0 bridgehead atoms. The Hall–Kier alpha value is -2.06. The predicted octanol–water partition coefficient (Wildman–Crippen LogP) is 4.91. The molecule has 1 unspecified atom stereocenters. The van der Waals surface area contributed by atoms with Gasteiger partial charge in [0.1, 0.15) is 17.9 Å². The summed E-state index contributed by atoms with van der Waals surface area (Å²) in [6.07, 6.45) is 2.88. The minimum atomic E-state index is -0.747. The van der Waals surface area contributed by atoms with Crippen LogP contribution in [0.5, 0.6) is 0 Å². The number of rotatable bonds is 6. The largest absolute Gasteiger partial charge is 0.373 e. The summed E-state index contributed by atoms with van der Waals surface area (Å²) in [5.41, 5.74) is 5.58. The van der Waals surface area contributed by atoms with Crippen LogP contribution >= 0.6 is 22.6 Å². The topological polar surface area (TPSA) is 58.0 Å². The van der Waals surface area contributed by atoms with Crippen LogP contribution in [0.4, 0.5) is 10.2 Å². The van der Waals surface area contributed by atoms with Crippen LogP contribution in [0.2, 0.25) is 0 Å². The molecule has 0 amide bonds. The molecule has 1 aromatic heterocycles. The average molecular weight is 503 g/mol. The van der Waals surface area contributed by atoms with Crippen molar-refractivity contribution in [3.8, 4) is 11.3 Å². The van der Waals surface area contributed by atoms with Crippen LogP contribution in [-0.4, -0.2) is 21.3 Å². The lowest BCUT2D eigenvalue weighted by Crippen LogP contribution is -2.24. The molecule has 1 heterocycles. The Morgan fingerprint density at radius 3 is 2.69 bits per heavy atom. The molecule has 2 N–H and O–H groups in total. The van der Waals surface area contributed by atoms with E-state index in [1.165, 1.54) is 9.64 Å². The number of benzene rings is 2. The summed E-state index contributed by atoms with van der Waals surface area (Å²) >= 11 is 2.27. The zero-order valence-corrected chi connectivity index (χ0v) is 18.4. The Morgan fingerprint density at radius 1 is 1.14 bits per heavy atom. The predicted molar refractivity (Wildman–Crippen MR) is 121 cm³/mol. The number of nitrogens with one attached hydrogen (secondary N) is 1. The summed E-state index contributed by atoms with van der Waals surface area (Å²) in [6, 6.07) is 13.0. The van der Waals surface area contributed by atoms with Gasteiger partial charge in [-0.25, -0.2) is 14.4 Å². The fraction of sp³-hybridized carbons (Fsp3) is 0.304. The summed E-state index contributed by atoms with van der Waals surface area (Å²) in [7, 11) is 0. The molecule has 29 heavy (non-hydrogen) atoms. The van der Waals surface area contributed by atoms with E-state index in [1.807, 2.05) is 24.3 Å². The molecule has 4 nitrogen and oxygen atoms in total. The van der Waals surface area contributed by atoms with E-state index < -0.39 is 6.23 Å². The van der Waals surface area contributed by atoms with Crippen molar-refractivity contribution in [2.75, 3.05) is 5.32 Å². The van der Waals surface area contributed by atoms with Gasteiger partial charge in [-0.1, -0.05) is 25.5 Å². The van der Waals surface area contributed by atoms with Gasteiger partial charge in [-0.3, -0.25) is 0 Å². The zero-order chi connectivity index (χ0) is 20.4. The Labute approximate surface area is 183 Å². The Bertz CT molecular complexity index is 1020. The van der Waals surface area contributed by atoms with Gasteiger partial charge in [0.25, 0.3) is 0 Å². The van der Waals surface area contributed by atoms with Crippen LogP contribution in [0.3, 0.4) is 0 Å². The van der Waals surface area contributed by atoms with Crippen LogP contribution in [0.15, 0.2) is 42.5 Å².